The van der Waals surface area contributed by atoms with E-state index in [4.69, 9.17) is 27.9 Å². The van der Waals surface area contributed by atoms with Crippen molar-refractivity contribution in [2.24, 2.45) is 11.8 Å². The highest BCUT2D eigenvalue weighted by Gasteiger charge is 2.73. The number of nitrogens with zero attached hydrogens (tertiary/aromatic N) is 1. The number of halogens is 2. The van der Waals surface area contributed by atoms with Crippen LogP contribution in [0.4, 0.5) is 5.69 Å². The number of likely N-dealkylation sites (tertiary alicyclic amines) is 1. The molecule has 5 aromatic carbocycles. The fraction of sp³-hybridized carbons (Fsp3) is 0.195. The van der Waals surface area contributed by atoms with Crippen LogP contribution < -0.4 is 10.1 Å². The Bertz CT molecular complexity index is 2030. The quantitative estimate of drug-likeness (QED) is 0.138. The van der Waals surface area contributed by atoms with Gasteiger partial charge in [0.15, 0.2) is 0 Å². The van der Waals surface area contributed by atoms with Crippen molar-refractivity contribution in [2.45, 2.75) is 36.1 Å². The summed E-state index contributed by atoms with van der Waals surface area (Å²) in [6.45, 7) is 4.07. The van der Waals surface area contributed by atoms with Crippen LogP contribution in [0.3, 0.4) is 0 Å². The molecule has 0 radical (unpaired) electrons. The van der Waals surface area contributed by atoms with Crippen molar-refractivity contribution in [2.75, 3.05) is 5.32 Å². The second kappa shape index (κ2) is 11.6. The van der Waals surface area contributed by atoms with Gasteiger partial charge >= 0.3 is 0 Å². The normalized spacial score (nSPS) is 23.8. The molecular weight excluding hydrogens is 655 g/mol. The molecule has 0 aromatic heterocycles. The Morgan fingerprint density at radius 1 is 0.694 bits per heavy atom. The van der Waals surface area contributed by atoms with Crippen molar-refractivity contribution >= 4 is 46.6 Å². The van der Waals surface area contributed by atoms with Gasteiger partial charge in [0.1, 0.15) is 27.3 Å². The molecule has 3 amide bonds. The number of benzene rings is 5. The van der Waals surface area contributed by atoms with Crippen LogP contribution in [0.25, 0.3) is 0 Å². The van der Waals surface area contributed by atoms with Crippen LogP contribution >= 0.6 is 23.2 Å². The maximum Gasteiger partial charge on any atom is 0.248 e. The van der Waals surface area contributed by atoms with Crippen molar-refractivity contribution in [3.8, 4) is 11.5 Å². The molecule has 2 bridgehead atoms. The topological polar surface area (TPSA) is 75.7 Å². The Morgan fingerprint density at radius 3 is 1.69 bits per heavy atom. The van der Waals surface area contributed by atoms with Gasteiger partial charge < -0.3 is 10.1 Å². The summed E-state index contributed by atoms with van der Waals surface area (Å²) in [7, 11) is 0. The molecule has 8 heteroatoms. The van der Waals surface area contributed by atoms with Crippen molar-refractivity contribution in [1.29, 1.82) is 0 Å². The number of rotatable bonds is 7. The first kappa shape index (κ1) is 31.4. The highest BCUT2D eigenvalue weighted by Crippen LogP contribution is 2.69. The smallest absolute Gasteiger partial charge is 0.248 e. The number of aryl methyl sites for hydroxylation is 2. The Hall–Kier alpha value is -4.91. The van der Waals surface area contributed by atoms with Crippen LogP contribution in [0.15, 0.2) is 121 Å². The van der Waals surface area contributed by atoms with Crippen LogP contribution in [0.2, 0.25) is 0 Å². The molecule has 1 aliphatic heterocycles. The zero-order chi connectivity index (χ0) is 34.1. The average molecular weight is 688 g/mol. The maximum absolute atomic E-state index is 14.7. The van der Waals surface area contributed by atoms with Crippen LogP contribution in [-0.4, -0.2) is 28.7 Å². The van der Waals surface area contributed by atoms with Gasteiger partial charge in [0, 0.05) is 12.1 Å². The Balaban J connectivity index is 1.14. The van der Waals surface area contributed by atoms with Crippen LogP contribution in [0.1, 0.15) is 38.9 Å². The lowest BCUT2D eigenvalue weighted by Gasteiger charge is -2.54. The number of amides is 3. The summed E-state index contributed by atoms with van der Waals surface area (Å²) in [4.78, 5) is 42.2. The van der Waals surface area contributed by atoms with Gasteiger partial charge in [-0.2, -0.15) is 0 Å². The number of ether oxygens (including phenoxy) is 1. The predicted octanol–water partition coefficient (Wildman–Crippen LogP) is 8.24. The van der Waals surface area contributed by atoms with E-state index < -0.39 is 45.3 Å². The third-order valence-corrected chi connectivity index (χ3v) is 11.6. The first-order chi connectivity index (χ1) is 23.6. The summed E-state index contributed by atoms with van der Waals surface area (Å²) >= 11 is 15.3. The second-order valence-electron chi connectivity index (χ2n) is 13.1. The van der Waals surface area contributed by atoms with E-state index in [2.05, 4.69) is 5.32 Å². The largest absolute Gasteiger partial charge is 0.457 e. The van der Waals surface area contributed by atoms with E-state index in [1.165, 1.54) is 5.56 Å². The molecule has 4 aliphatic rings. The Morgan fingerprint density at radius 2 is 1.18 bits per heavy atom. The minimum atomic E-state index is -1.34. The Labute approximate surface area is 294 Å². The van der Waals surface area contributed by atoms with E-state index in [1.807, 2.05) is 111 Å². The summed E-state index contributed by atoms with van der Waals surface area (Å²) < 4.78 is 6.03. The summed E-state index contributed by atoms with van der Waals surface area (Å²) in [6.07, 6.45) is 0.113. The molecule has 244 valence electrons. The number of nitrogens with one attached hydrogen (secondary N) is 1. The molecule has 9 rings (SSSR count). The molecular formula is C41H32Cl2N2O4. The standard InChI is InChI=1S/C41H32Cl2N2O4/c1-24-16-19-29(22-25(24)2)49-28-20-17-27(18-21-28)44-37(46)34(23-26-10-4-3-5-11-26)45-38(47)35-36(39(45)48)41(43)31-13-7-6-12-30(31)40(35,42)32-14-8-9-15-33(32)41/h3-22,34-36H,23H2,1-2H3,(H,44,46)/t34-,35-,36+,40?,41?/m1/s1. The molecule has 5 aromatic rings. The predicted molar refractivity (Wildman–Crippen MR) is 190 cm³/mol. The third-order valence-electron chi connectivity index (χ3n) is 10.3. The first-order valence-corrected chi connectivity index (χ1v) is 17.0. The molecule has 0 spiro atoms. The fourth-order valence-corrected chi connectivity index (χ4v) is 8.98. The zero-order valence-electron chi connectivity index (χ0n) is 26.8. The van der Waals surface area contributed by atoms with E-state index in [1.54, 1.807) is 24.3 Å². The van der Waals surface area contributed by atoms with Gasteiger partial charge in [-0.3, -0.25) is 19.3 Å². The molecule has 1 N–H and O–H groups in total. The zero-order valence-corrected chi connectivity index (χ0v) is 28.3. The van der Waals surface area contributed by atoms with Gasteiger partial charge in [0.25, 0.3) is 0 Å². The van der Waals surface area contributed by atoms with Gasteiger partial charge in [-0.05, 0) is 89.2 Å². The molecule has 1 saturated heterocycles. The minimum absolute atomic E-state index is 0.113. The molecule has 1 heterocycles. The fourth-order valence-electron chi connectivity index (χ4n) is 7.88. The summed E-state index contributed by atoms with van der Waals surface area (Å²) in [6, 6.07) is 36.1. The van der Waals surface area contributed by atoms with Gasteiger partial charge in [0.05, 0.1) is 11.8 Å². The Kier molecular flexibility index (Phi) is 7.43. The van der Waals surface area contributed by atoms with Crippen LogP contribution in [0, 0.1) is 25.7 Å². The van der Waals surface area contributed by atoms with Gasteiger partial charge in [-0.25, -0.2) is 0 Å². The first-order valence-electron chi connectivity index (χ1n) is 16.3. The molecule has 3 aliphatic carbocycles. The van der Waals surface area contributed by atoms with Crippen molar-refractivity contribution in [3.63, 3.8) is 0 Å². The molecule has 6 nitrogen and oxygen atoms in total. The monoisotopic (exact) mass is 686 g/mol. The number of hydrogen-bond donors (Lipinski definition) is 1. The lowest BCUT2D eigenvalue weighted by molar-refractivity contribution is -0.146. The van der Waals surface area contributed by atoms with E-state index >= 15 is 0 Å². The van der Waals surface area contributed by atoms with E-state index in [-0.39, 0.29) is 6.42 Å². The minimum Gasteiger partial charge on any atom is -0.457 e. The van der Waals surface area contributed by atoms with Crippen molar-refractivity contribution in [3.05, 3.63) is 160 Å². The second-order valence-corrected chi connectivity index (χ2v) is 14.3. The number of anilines is 1. The molecule has 3 atom stereocenters. The third kappa shape index (κ3) is 4.72. The molecule has 1 fully saturated rings. The van der Waals surface area contributed by atoms with Crippen LogP contribution in [-0.2, 0) is 30.6 Å². The molecule has 0 saturated carbocycles. The number of imide groups is 1. The van der Waals surface area contributed by atoms with Crippen LogP contribution in [0.5, 0.6) is 11.5 Å². The average Bonchev–Trinajstić information content (AvgIpc) is 3.39. The molecule has 49 heavy (non-hydrogen) atoms. The number of carbonyl (C=O) groups excluding carboxylic acids is 3. The van der Waals surface area contributed by atoms with Gasteiger partial charge in [-0.1, -0.05) is 84.9 Å². The maximum atomic E-state index is 14.7. The number of carbonyl (C=O) groups is 3. The highest BCUT2D eigenvalue weighted by molar-refractivity contribution is 6.36. The lowest BCUT2D eigenvalue weighted by atomic mass is 9.54. The number of alkyl halides is 2. The summed E-state index contributed by atoms with van der Waals surface area (Å²) in [5.74, 6) is -2.21. The van der Waals surface area contributed by atoms with E-state index in [0.29, 0.717) is 39.4 Å². The van der Waals surface area contributed by atoms with E-state index in [0.717, 1.165) is 16.0 Å². The number of hydrogen-bond acceptors (Lipinski definition) is 4. The van der Waals surface area contributed by atoms with Gasteiger partial charge in [-0.15, -0.1) is 23.2 Å². The van der Waals surface area contributed by atoms with Crippen molar-refractivity contribution < 1.29 is 19.1 Å². The summed E-state index contributed by atoms with van der Waals surface area (Å²) in [5.41, 5.74) is 6.43. The molecule has 0 unspecified atom stereocenters. The lowest BCUT2D eigenvalue weighted by Crippen LogP contribution is -2.57. The highest BCUT2D eigenvalue weighted by atomic mass is 35.5. The van der Waals surface area contributed by atoms with E-state index in [9.17, 15) is 14.4 Å². The van der Waals surface area contributed by atoms with Crippen molar-refractivity contribution in [1.82, 2.24) is 4.90 Å². The van der Waals surface area contributed by atoms with Gasteiger partial charge in [0.2, 0.25) is 17.7 Å². The SMILES string of the molecule is Cc1ccc(Oc2ccc(NC(=O)[C@@H](Cc3ccccc3)N3C(=O)[C@@H]4[C@H](C3=O)C3(Cl)c5ccccc5C4(Cl)c4ccccc43)cc2)cc1C. The summed E-state index contributed by atoms with van der Waals surface area (Å²) in [5, 5.41) is 2.95.